The third-order valence-corrected chi connectivity index (χ3v) is 5.28. The molecule has 0 aromatic heterocycles. The zero-order valence-electron chi connectivity index (χ0n) is 14.5. The Morgan fingerprint density at radius 1 is 0.808 bits per heavy atom. The lowest BCUT2D eigenvalue weighted by atomic mass is 10.1. The lowest BCUT2D eigenvalue weighted by Crippen LogP contribution is -1.97. The molecule has 2 aromatic carbocycles. The average molecular weight is 478 g/mol. The molecule has 0 radical (unpaired) electrons. The molecule has 26 heavy (non-hydrogen) atoms. The highest BCUT2D eigenvalue weighted by Crippen LogP contribution is 2.34. The van der Waals surface area contributed by atoms with Crippen molar-refractivity contribution in [3.05, 3.63) is 67.6 Å². The third kappa shape index (κ3) is 4.10. The van der Waals surface area contributed by atoms with Gasteiger partial charge in [0.25, 0.3) is 0 Å². The summed E-state index contributed by atoms with van der Waals surface area (Å²) in [6, 6.07) is 11.5. The smallest absolute Gasteiger partial charge is 0.185 e. The van der Waals surface area contributed by atoms with Crippen molar-refractivity contribution in [2.45, 2.75) is 12.8 Å². The predicted molar refractivity (Wildman–Crippen MR) is 112 cm³/mol. The fourth-order valence-corrected chi connectivity index (χ4v) is 3.75. The van der Waals surface area contributed by atoms with Crippen molar-refractivity contribution in [2.75, 3.05) is 14.2 Å². The predicted octanol–water partition coefficient (Wildman–Crippen LogP) is 6.06. The van der Waals surface area contributed by atoms with E-state index in [1.807, 2.05) is 48.6 Å². The highest BCUT2D eigenvalue weighted by molar-refractivity contribution is 9.10. The Labute approximate surface area is 170 Å². The molecule has 0 atom stereocenters. The van der Waals surface area contributed by atoms with E-state index in [0.29, 0.717) is 0 Å². The van der Waals surface area contributed by atoms with Crippen molar-refractivity contribution >= 4 is 49.8 Å². The average Bonchev–Trinajstić information content (AvgIpc) is 2.96. The zero-order chi connectivity index (χ0) is 18.7. The molecule has 3 nitrogen and oxygen atoms in total. The minimum absolute atomic E-state index is 0.0778. The van der Waals surface area contributed by atoms with Crippen molar-refractivity contribution in [3.63, 3.8) is 0 Å². The molecule has 1 fully saturated rings. The number of carbonyl (C=O) groups excluding carboxylic acids is 1. The summed E-state index contributed by atoms with van der Waals surface area (Å²) in [6.45, 7) is 0. The number of carbonyl (C=O) groups is 1. The Bertz CT molecular complexity index is 840. The molecule has 0 N–H and O–H groups in total. The molecule has 0 heterocycles. The molecule has 1 saturated carbocycles. The number of methoxy groups -OCH3 is 2. The molecule has 0 bridgehead atoms. The van der Waals surface area contributed by atoms with Gasteiger partial charge in [0, 0.05) is 31.2 Å². The van der Waals surface area contributed by atoms with Gasteiger partial charge >= 0.3 is 0 Å². The van der Waals surface area contributed by atoms with Gasteiger partial charge in [-0.25, -0.2) is 0 Å². The SMILES string of the molecule is COc1ccc(Br)cc1C=C1CCC(=Cc2cc(Br)ccc2OC)C1=O. The summed E-state index contributed by atoms with van der Waals surface area (Å²) >= 11 is 6.94. The van der Waals surface area contributed by atoms with Gasteiger partial charge in [0.2, 0.25) is 0 Å². The minimum Gasteiger partial charge on any atom is -0.496 e. The van der Waals surface area contributed by atoms with Crippen LogP contribution in [0.1, 0.15) is 24.0 Å². The maximum Gasteiger partial charge on any atom is 0.185 e. The van der Waals surface area contributed by atoms with E-state index in [4.69, 9.17) is 9.47 Å². The van der Waals surface area contributed by atoms with Gasteiger partial charge in [0.05, 0.1) is 14.2 Å². The number of Topliss-reactive ketones (excluding diaryl/α,β-unsaturated/α-hetero) is 1. The Hall–Kier alpha value is -1.85. The van der Waals surface area contributed by atoms with Gasteiger partial charge in [-0.15, -0.1) is 0 Å². The highest BCUT2D eigenvalue weighted by atomic mass is 79.9. The van der Waals surface area contributed by atoms with Crippen LogP contribution in [0.5, 0.6) is 11.5 Å². The molecule has 2 aromatic rings. The van der Waals surface area contributed by atoms with Crippen molar-refractivity contribution in [3.8, 4) is 11.5 Å². The lowest BCUT2D eigenvalue weighted by Gasteiger charge is -2.07. The van der Waals surface area contributed by atoms with Gasteiger partial charge in [-0.05, 0) is 61.4 Å². The van der Waals surface area contributed by atoms with Crippen LogP contribution >= 0.6 is 31.9 Å². The van der Waals surface area contributed by atoms with E-state index < -0.39 is 0 Å². The fourth-order valence-electron chi connectivity index (χ4n) is 2.99. The normalized spacial score (nSPS) is 17.2. The fraction of sp³-hybridized carbons (Fsp3) is 0.190. The molecule has 0 amide bonds. The maximum absolute atomic E-state index is 12.8. The first kappa shape index (κ1) is 18.9. The number of rotatable bonds is 4. The van der Waals surface area contributed by atoms with Crippen molar-refractivity contribution in [2.24, 2.45) is 0 Å². The molecule has 1 aliphatic rings. The zero-order valence-corrected chi connectivity index (χ0v) is 17.7. The molecule has 0 aliphatic heterocycles. The van der Waals surface area contributed by atoms with Crippen molar-refractivity contribution < 1.29 is 14.3 Å². The number of ether oxygens (including phenoxy) is 2. The van der Waals surface area contributed by atoms with Crippen LogP contribution in [0.4, 0.5) is 0 Å². The first-order valence-electron chi connectivity index (χ1n) is 8.14. The molecular formula is C21H18Br2O3. The summed E-state index contributed by atoms with van der Waals surface area (Å²) in [6.07, 6.45) is 5.28. The second-order valence-electron chi connectivity index (χ2n) is 5.94. The monoisotopic (exact) mass is 476 g/mol. The minimum atomic E-state index is 0.0778. The molecule has 1 aliphatic carbocycles. The molecule has 0 spiro atoms. The molecule has 3 rings (SSSR count). The Balaban J connectivity index is 1.94. The van der Waals surface area contributed by atoms with Gasteiger partial charge < -0.3 is 9.47 Å². The van der Waals surface area contributed by atoms with E-state index in [-0.39, 0.29) is 5.78 Å². The summed E-state index contributed by atoms with van der Waals surface area (Å²) in [5.74, 6) is 1.58. The van der Waals surface area contributed by atoms with Crippen LogP contribution in [-0.4, -0.2) is 20.0 Å². The topological polar surface area (TPSA) is 35.5 Å². The van der Waals surface area contributed by atoms with Gasteiger partial charge in [-0.3, -0.25) is 4.79 Å². The highest BCUT2D eigenvalue weighted by Gasteiger charge is 2.24. The summed E-state index contributed by atoms with van der Waals surface area (Å²) in [5.41, 5.74) is 3.38. The molecular weight excluding hydrogens is 460 g/mol. The van der Waals surface area contributed by atoms with Crippen LogP contribution in [0, 0.1) is 0 Å². The first-order valence-corrected chi connectivity index (χ1v) is 9.73. The molecule has 0 saturated heterocycles. The van der Waals surface area contributed by atoms with Crippen LogP contribution < -0.4 is 9.47 Å². The van der Waals surface area contributed by atoms with E-state index in [0.717, 1.165) is 55.6 Å². The maximum atomic E-state index is 12.8. The third-order valence-electron chi connectivity index (χ3n) is 4.29. The number of allylic oxidation sites excluding steroid dienone is 2. The van der Waals surface area contributed by atoms with Crippen LogP contribution in [-0.2, 0) is 4.79 Å². The molecule has 0 unspecified atom stereocenters. The lowest BCUT2D eigenvalue weighted by molar-refractivity contribution is -0.111. The van der Waals surface area contributed by atoms with Crippen LogP contribution in [0.25, 0.3) is 12.2 Å². The van der Waals surface area contributed by atoms with Gasteiger partial charge in [0.1, 0.15) is 11.5 Å². The first-order chi connectivity index (χ1) is 12.5. The van der Waals surface area contributed by atoms with E-state index in [9.17, 15) is 4.79 Å². The Morgan fingerprint density at radius 3 is 1.62 bits per heavy atom. The van der Waals surface area contributed by atoms with E-state index in [1.54, 1.807) is 14.2 Å². The van der Waals surface area contributed by atoms with Gasteiger partial charge in [-0.2, -0.15) is 0 Å². The van der Waals surface area contributed by atoms with Gasteiger partial charge in [0.15, 0.2) is 5.78 Å². The number of ketones is 1. The summed E-state index contributed by atoms with van der Waals surface area (Å²) in [5, 5.41) is 0. The molecule has 134 valence electrons. The Morgan fingerprint density at radius 2 is 1.23 bits per heavy atom. The quantitative estimate of drug-likeness (QED) is 0.502. The summed E-state index contributed by atoms with van der Waals surface area (Å²) in [7, 11) is 3.26. The number of benzene rings is 2. The summed E-state index contributed by atoms with van der Waals surface area (Å²) in [4.78, 5) is 12.8. The standard InChI is InChI=1S/C21H18Br2O3/c1-25-19-7-5-17(22)11-15(19)9-13-3-4-14(21(13)24)10-16-12-18(23)6-8-20(16)26-2/h5-12H,3-4H2,1-2H3. The Kier molecular flexibility index (Phi) is 5.99. The van der Waals surface area contributed by atoms with Crippen molar-refractivity contribution in [1.29, 1.82) is 0 Å². The second-order valence-corrected chi connectivity index (χ2v) is 7.77. The van der Waals surface area contributed by atoms with E-state index >= 15 is 0 Å². The van der Waals surface area contributed by atoms with Crippen molar-refractivity contribution in [1.82, 2.24) is 0 Å². The van der Waals surface area contributed by atoms with E-state index in [1.165, 1.54) is 0 Å². The number of hydrogen-bond acceptors (Lipinski definition) is 3. The second kappa shape index (κ2) is 8.23. The van der Waals surface area contributed by atoms with Crippen LogP contribution in [0.15, 0.2) is 56.5 Å². The van der Waals surface area contributed by atoms with Crippen LogP contribution in [0.2, 0.25) is 0 Å². The number of halogens is 2. The van der Waals surface area contributed by atoms with Gasteiger partial charge in [-0.1, -0.05) is 31.9 Å². The van der Waals surface area contributed by atoms with Crippen LogP contribution in [0.3, 0.4) is 0 Å². The largest absolute Gasteiger partial charge is 0.496 e. The number of hydrogen-bond donors (Lipinski definition) is 0. The summed E-state index contributed by atoms with van der Waals surface area (Å²) < 4.78 is 12.7. The molecule has 5 heteroatoms. The van der Waals surface area contributed by atoms with E-state index in [2.05, 4.69) is 31.9 Å².